The predicted octanol–water partition coefficient (Wildman–Crippen LogP) is 6.73. The fourth-order valence-corrected chi connectivity index (χ4v) is 6.53. The van der Waals surface area contributed by atoms with Crippen molar-refractivity contribution in [1.29, 1.82) is 0 Å². The van der Waals surface area contributed by atoms with Crippen molar-refractivity contribution in [3.8, 4) is 22.3 Å². The SMILES string of the molecule is c1ccc2c(c1)Cc1ccc3c(c1-2)Cc1c-3ccc2nc3c4cccnc4c4ncccc4n3c12. The largest absolute Gasteiger partial charge is 0.290 e. The number of rotatable bonds is 0. The zero-order valence-corrected chi connectivity index (χ0v) is 18.8. The lowest BCUT2D eigenvalue weighted by Gasteiger charge is -2.09. The van der Waals surface area contributed by atoms with Gasteiger partial charge in [0.05, 0.1) is 16.6 Å². The number of hydrogen-bond donors (Lipinski definition) is 0. The fraction of sp³-hybridized carbons (Fsp3) is 0.0645. The predicted molar refractivity (Wildman–Crippen MR) is 140 cm³/mol. The Balaban J connectivity index is 1.42. The van der Waals surface area contributed by atoms with Gasteiger partial charge in [-0.1, -0.05) is 42.5 Å². The molecule has 4 nitrogen and oxygen atoms in total. The van der Waals surface area contributed by atoms with Gasteiger partial charge in [0.15, 0.2) is 0 Å². The van der Waals surface area contributed by atoms with Crippen molar-refractivity contribution >= 4 is 38.6 Å². The molecule has 4 aromatic heterocycles. The topological polar surface area (TPSA) is 43.1 Å². The Hall–Kier alpha value is -4.57. The number of benzene rings is 3. The number of hydrogen-bond acceptors (Lipinski definition) is 3. The molecule has 7 aromatic rings. The molecule has 0 atom stereocenters. The van der Waals surface area contributed by atoms with Gasteiger partial charge in [0.2, 0.25) is 0 Å². The number of imidazole rings is 1. The molecule has 0 N–H and O–H groups in total. The molecule has 0 bridgehead atoms. The monoisotopic (exact) mass is 446 g/mol. The maximum atomic E-state index is 5.14. The first kappa shape index (κ1) is 17.8. The quantitative estimate of drug-likeness (QED) is 0.243. The molecule has 162 valence electrons. The summed E-state index contributed by atoms with van der Waals surface area (Å²) in [6.07, 6.45) is 5.63. The Bertz CT molecular complexity index is 2070. The Kier molecular flexibility index (Phi) is 3.11. The molecule has 2 aliphatic carbocycles. The van der Waals surface area contributed by atoms with E-state index < -0.39 is 0 Å². The van der Waals surface area contributed by atoms with Gasteiger partial charge >= 0.3 is 0 Å². The summed E-state index contributed by atoms with van der Waals surface area (Å²) in [5.74, 6) is 0. The number of aromatic nitrogens is 4. The van der Waals surface area contributed by atoms with Crippen LogP contribution in [0.5, 0.6) is 0 Å². The van der Waals surface area contributed by atoms with Gasteiger partial charge in [-0.05, 0) is 81.3 Å². The highest BCUT2D eigenvalue weighted by molar-refractivity contribution is 6.11. The van der Waals surface area contributed by atoms with Gasteiger partial charge in [0.1, 0.15) is 16.7 Å². The normalized spacial score (nSPS) is 13.5. The van der Waals surface area contributed by atoms with Gasteiger partial charge < -0.3 is 0 Å². The number of pyridine rings is 3. The highest BCUT2D eigenvalue weighted by atomic mass is 15.0. The van der Waals surface area contributed by atoms with E-state index in [0.717, 1.165) is 45.9 Å². The maximum Gasteiger partial charge on any atom is 0.148 e. The third-order valence-corrected chi connectivity index (χ3v) is 7.93. The van der Waals surface area contributed by atoms with Crippen molar-refractivity contribution < 1.29 is 0 Å². The molecule has 0 unspecified atom stereocenters. The first-order valence-corrected chi connectivity index (χ1v) is 12.1. The van der Waals surface area contributed by atoms with Crippen LogP contribution >= 0.6 is 0 Å². The minimum absolute atomic E-state index is 0.903. The Morgan fingerprint density at radius 1 is 0.629 bits per heavy atom. The van der Waals surface area contributed by atoms with Crippen LogP contribution in [0, 0.1) is 0 Å². The average Bonchev–Trinajstić information content (AvgIpc) is 3.59. The van der Waals surface area contributed by atoms with E-state index in [9.17, 15) is 0 Å². The molecular weight excluding hydrogens is 428 g/mol. The minimum Gasteiger partial charge on any atom is -0.290 e. The van der Waals surface area contributed by atoms with Crippen LogP contribution in [-0.2, 0) is 12.8 Å². The van der Waals surface area contributed by atoms with Crippen molar-refractivity contribution in [1.82, 2.24) is 19.4 Å². The van der Waals surface area contributed by atoms with E-state index in [-0.39, 0.29) is 0 Å². The summed E-state index contributed by atoms with van der Waals surface area (Å²) >= 11 is 0. The molecule has 35 heavy (non-hydrogen) atoms. The zero-order valence-electron chi connectivity index (χ0n) is 18.8. The lowest BCUT2D eigenvalue weighted by molar-refractivity contribution is 1.22. The first-order chi connectivity index (χ1) is 17.4. The van der Waals surface area contributed by atoms with Crippen LogP contribution in [0.4, 0.5) is 0 Å². The summed E-state index contributed by atoms with van der Waals surface area (Å²) in [6.45, 7) is 0. The third-order valence-electron chi connectivity index (χ3n) is 7.93. The maximum absolute atomic E-state index is 5.14. The summed E-state index contributed by atoms with van der Waals surface area (Å²) in [6, 6.07) is 26.2. The molecule has 0 fully saturated rings. The van der Waals surface area contributed by atoms with Crippen LogP contribution in [0.3, 0.4) is 0 Å². The van der Waals surface area contributed by atoms with Gasteiger partial charge in [-0.3, -0.25) is 14.4 Å². The van der Waals surface area contributed by atoms with Gasteiger partial charge in [0, 0.05) is 24.2 Å². The van der Waals surface area contributed by atoms with E-state index in [1.54, 1.807) is 0 Å². The molecule has 0 amide bonds. The van der Waals surface area contributed by atoms with Crippen molar-refractivity contribution in [2.75, 3.05) is 0 Å². The van der Waals surface area contributed by atoms with Gasteiger partial charge in [-0.25, -0.2) is 4.98 Å². The van der Waals surface area contributed by atoms with E-state index in [1.165, 1.54) is 50.0 Å². The van der Waals surface area contributed by atoms with Crippen molar-refractivity contribution in [3.05, 3.63) is 107 Å². The second kappa shape index (κ2) is 6.10. The Morgan fingerprint density at radius 2 is 1.46 bits per heavy atom. The fourth-order valence-electron chi connectivity index (χ4n) is 6.53. The first-order valence-electron chi connectivity index (χ1n) is 12.1. The number of nitrogens with zero attached hydrogens (tertiary/aromatic N) is 4. The van der Waals surface area contributed by atoms with Crippen LogP contribution in [0.15, 0.2) is 85.2 Å². The van der Waals surface area contributed by atoms with E-state index in [4.69, 9.17) is 9.97 Å². The molecule has 2 aliphatic rings. The van der Waals surface area contributed by atoms with Gasteiger partial charge in [-0.15, -0.1) is 0 Å². The highest BCUT2D eigenvalue weighted by Gasteiger charge is 2.30. The highest BCUT2D eigenvalue weighted by Crippen LogP contribution is 2.49. The van der Waals surface area contributed by atoms with Crippen LogP contribution in [0.2, 0.25) is 0 Å². The lowest BCUT2D eigenvalue weighted by atomic mass is 9.95. The molecule has 3 aromatic carbocycles. The molecule has 0 radical (unpaired) electrons. The molecule has 0 saturated heterocycles. The van der Waals surface area contributed by atoms with Crippen molar-refractivity contribution in [2.24, 2.45) is 0 Å². The van der Waals surface area contributed by atoms with E-state index in [1.807, 2.05) is 24.5 Å². The zero-order chi connectivity index (χ0) is 22.7. The van der Waals surface area contributed by atoms with Crippen LogP contribution in [0.1, 0.15) is 22.3 Å². The molecule has 0 aliphatic heterocycles. The second-order valence-corrected chi connectivity index (χ2v) is 9.64. The van der Waals surface area contributed by atoms with Gasteiger partial charge in [-0.2, -0.15) is 0 Å². The van der Waals surface area contributed by atoms with Crippen LogP contribution in [-0.4, -0.2) is 19.4 Å². The Morgan fingerprint density at radius 3 is 2.43 bits per heavy atom. The smallest absolute Gasteiger partial charge is 0.148 e. The lowest BCUT2D eigenvalue weighted by Crippen LogP contribution is -1.96. The minimum atomic E-state index is 0.903. The van der Waals surface area contributed by atoms with Crippen LogP contribution in [0.25, 0.3) is 60.9 Å². The van der Waals surface area contributed by atoms with Crippen molar-refractivity contribution in [2.45, 2.75) is 12.8 Å². The molecule has 4 heteroatoms. The average molecular weight is 447 g/mol. The molecule has 4 heterocycles. The molecule has 0 saturated carbocycles. The summed E-state index contributed by atoms with van der Waals surface area (Å²) < 4.78 is 2.32. The molecular formula is C31H18N4. The van der Waals surface area contributed by atoms with E-state index in [0.29, 0.717) is 0 Å². The summed E-state index contributed by atoms with van der Waals surface area (Å²) in [4.78, 5) is 14.6. The van der Waals surface area contributed by atoms with E-state index in [2.05, 4.69) is 70.0 Å². The molecule has 9 rings (SSSR count). The Labute approximate surface area is 200 Å². The second-order valence-electron chi connectivity index (χ2n) is 9.64. The standard InChI is InChI=1S/C31H18N4/c1-2-6-19-17(5-1)15-18-9-10-20-21-11-12-25-30(24(21)16-23(20)27(18)19)35-26-8-4-14-33-29(26)28-22(31(35)34-25)7-3-13-32-28/h1-14H,15-16H2. The van der Waals surface area contributed by atoms with E-state index >= 15 is 0 Å². The van der Waals surface area contributed by atoms with Gasteiger partial charge in [0.25, 0.3) is 0 Å². The van der Waals surface area contributed by atoms with Crippen LogP contribution < -0.4 is 0 Å². The summed E-state index contributed by atoms with van der Waals surface area (Å²) in [5, 5.41) is 1.04. The number of fused-ring (bicyclic) bond motifs is 16. The third kappa shape index (κ3) is 2.11. The van der Waals surface area contributed by atoms with Crippen molar-refractivity contribution in [3.63, 3.8) is 0 Å². The molecule has 0 spiro atoms. The summed E-state index contributed by atoms with van der Waals surface area (Å²) in [5.41, 5.74) is 17.2. The summed E-state index contributed by atoms with van der Waals surface area (Å²) in [7, 11) is 0.